The van der Waals surface area contributed by atoms with Gasteiger partial charge in [-0.15, -0.1) is 11.3 Å². The van der Waals surface area contributed by atoms with Gasteiger partial charge in [0.25, 0.3) is 5.91 Å². The van der Waals surface area contributed by atoms with Crippen LogP contribution in [0, 0.1) is 11.6 Å². The summed E-state index contributed by atoms with van der Waals surface area (Å²) in [6, 6.07) is 4.58. The maximum absolute atomic E-state index is 13.6. The fourth-order valence-corrected chi connectivity index (χ4v) is 4.00. The van der Waals surface area contributed by atoms with Gasteiger partial charge in [-0.05, 0) is 56.4 Å². The minimum absolute atomic E-state index is 0.291. The number of nitrogens with one attached hydrogen (secondary N) is 1. The van der Waals surface area contributed by atoms with Gasteiger partial charge in [0.2, 0.25) is 0 Å². The van der Waals surface area contributed by atoms with Crippen LogP contribution in [0.25, 0.3) is 0 Å². The van der Waals surface area contributed by atoms with E-state index in [2.05, 4.69) is 5.32 Å². The van der Waals surface area contributed by atoms with E-state index < -0.39 is 29.6 Å². The molecule has 26 heavy (non-hydrogen) atoms. The second kappa shape index (κ2) is 7.95. The van der Waals surface area contributed by atoms with E-state index in [1.165, 1.54) is 35.1 Å². The monoisotopic (exact) mass is 379 g/mol. The average Bonchev–Trinajstić information content (AvgIpc) is 2.89. The molecule has 0 saturated heterocycles. The van der Waals surface area contributed by atoms with E-state index in [1.807, 2.05) is 6.07 Å². The maximum atomic E-state index is 13.6. The van der Waals surface area contributed by atoms with Crippen LogP contribution in [0.4, 0.5) is 14.5 Å². The number of anilines is 1. The SMILES string of the molecule is C[C@@H](OC(=O)c1cc2c(s1)CCCCC2)C(=O)Nc1cc(F)ccc1F. The quantitative estimate of drug-likeness (QED) is 0.629. The van der Waals surface area contributed by atoms with Gasteiger partial charge in [-0.25, -0.2) is 13.6 Å². The van der Waals surface area contributed by atoms with E-state index in [4.69, 9.17) is 4.74 Å². The molecule has 0 saturated carbocycles. The molecular formula is C19H19F2NO3S. The standard InChI is InChI=1S/C19H19F2NO3S/c1-11(18(23)22-15-10-13(20)7-8-14(15)21)25-19(24)17-9-12-5-3-2-4-6-16(12)26-17/h7-11H,2-6H2,1H3,(H,22,23)/t11-/m1/s1. The number of fused-ring (bicyclic) bond motifs is 1. The molecule has 0 aliphatic heterocycles. The summed E-state index contributed by atoms with van der Waals surface area (Å²) in [6.45, 7) is 1.39. The Morgan fingerprint density at radius 3 is 2.73 bits per heavy atom. The second-order valence-corrected chi connectivity index (χ2v) is 7.42. The molecule has 138 valence electrons. The Kier molecular flexibility index (Phi) is 5.66. The molecule has 2 aromatic rings. The van der Waals surface area contributed by atoms with Crippen molar-refractivity contribution in [1.29, 1.82) is 0 Å². The lowest BCUT2D eigenvalue weighted by Crippen LogP contribution is -2.30. The molecule has 0 radical (unpaired) electrons. The van der Waals surface area contributed by atoms with Crippen molar-refractivity contribution < 1.29 is 23.1 Å². The molecule has 1 N–H and O–H groups in total. The third-order valence-electron chi connectivity index (χ3n) is 4.29. The minimum atomic E-state index is -1.13. The number of esters is 1. The second-order valence-electron chi connectivity index (χ2n) is 6.28. The van der Waals surface area contributed by atoms with Crippen molar-refractivity contribution in [3.8, 4) is 0 Å². The lowest BCUT2D eigenvalue weighted by atomic mass is 10.1. The summed E-state index contributed by atoms with van der Waals surface area (Å²) in [5.41, 5.74) is 0.888. The summed E-state index contributed by atoms with van der Waals surface area (Å²) in [5.74, 6) is -2.74. The number of amides is 1. The molecule has 3 rings (SSSR count). The Morgan fingerprint density at radius 1 is 1.15 bits per heavy atom. The number of ether oxygens (including phenoxy) is 1. The molecule has 1 heterocycles. The van der Waals surface area contributed by atoms with Crippen LogP contribution >= 0.6 is 11.3 Å². The van der Waals surface area contributed by atoms with Crippen molar-refractivity contribution in [1.82, 2.24) is 0 Å². The van der Waals surface area contributed by atoms with Gasteiger partial charge in [0.1, 0.15) is 16.5 Å². The molecule has 0 bridgehead atoms. The third kappa shape index (κ3) is 4.27. The Balaban J connectivity index is 1.63. The first-order chi connectivity index (χ1) is 12.4. The van der Waals surface area contributed by atoms with E-state index in [9.17, 15) is 18.4 Å². The smallest absolute Gasteiger partial charge is 0.349 e. The first-order valence-electron chi connectivity index (χ1n) is 8.52. The van der Waals surface area contributed by atoms with Crippen molar-refractivity contribution in [2.45, 2.75) is 45.1 Å². The van der Waals surface area contributed by atoms with Crippen LogP contribution in [0.1, 0.15) is 46.3 Å². The Morgan fingerprint density at radius 2 is 1.92 bits per heavy atom. The van der Waals surface area contributed by atoms with Crippen LogP contribution in [0.15, 0.2) is 24.3 Å². The Hall–Kier alpha value is -2.28. The fraction of sp³-hybridized carbons (Fsp3) is 0.368. The van der Waals surface area contributed by atoms with Gasteiger partial charge in [-0.3, -0.25) is 4.79 Å². The zero-order chi connectivity index (χ0) is 18.7. The van der Waals surface area contributed by atoms with Crippen molar-refractivity contribution >= 4 is 28.9 Å². The van der Waals surface area contributed by atoms with E-state index >= 15 is 0 Å². The highest BCUT2D eigenvalue weighted by molar-refractivity contribution is 7.14. The molecule has 4 nitrogen and oxygen atoms in total. The summed E-state index contributed by atoms with van der Waals surface area (Å²) in [5, 5.41) is 2.24. The van der Waals surface area contributed by atoms with Crippen molar-refractivity contribution in [2.24, 2.45) is 0 Å². The molecule has 1 aromatic heterocycles. The first-order valence-corrected chi connectivity index (χ1v) is 9.34. The number of carbonyl (C=O) groups is 2. The highest BCUT2D eigenvalue weighted by Crippen LogP contribution is 2.29. The van der Waals surface area contributed by atoms with Gasteiger partial charge in [0, 0.05) is 10.9 Å². The summed E-state index contributed by atoms with van der Waals surface area (Å²) >= 11 is 1.40. The number of hydrogen-bond donors (Lipinski definition) is 1. The third-order valence-corrected chi connectivity index (χ3v) is 5.50. The van der Waals surface area contributed by atoms with Crippen LogP contribution in [0.5, 0.6) is 0 Å². The topological polar surface area (TPSA) is 55.4 Å². The molecular weight excluding hydrogens is 360 g/mol. The first kappa shape index (κ1) is 18.5. The number of thiophene rings is 1. The van der Waals surface area contributed by atoms with Crippen molar-refractivity contribution in [3.05, 3.63) is 51.2 Å². The summed E-state index contributed by atoms with van der Waals surface area (Å²) in [7, 11) is 0. The highest BCUT2D eigenvalue weighted by Gasteiger charge is 2.23. The van der Waals surface area contributed by atoms with Crippen molar-refractivity contribution in [2.75, 3.05) is 5.32 Å². The predicted molar refractivity (Wildman–Crippen MR) is 95.4 cm³/mol. The number of benzene rings is 1. The fourth-order valence-electron chi connectivity index (χ4n) is 2.87. The van der Waals surface area contributed by atoms with Crippen LogP contribution in [-0.2, 0) is 22.4 Å². The molecule has 1 amide bonds. The zero-order valence-corrected chi connectivity index (χ0v) is 15.1. The number of halogens is 2. The normalized spacial score (nSPS) is 14.9. The number of aryl methyl sites for hydroxylation is 2. The molecule has 1 aliphatic carbocycles. The number of rotatable bonds is 4. The molecule has 1 aromatic carbocycles. The minimum Gasteiger partial charge on any atom is -0.448 e. The largest absolute Gasteiger partial charge is 0.448 e. The van der Waals surface area contributed by atoms with E-state index in [0.29, 0.717) is 4.88 Å². The predicted octanol–water partition coefficient (Wildman–Crippen LogP) is 4.48. The van der Waals surface area contributed by atoms with Gasteiger partial charge < -0.3 is 10.1 Å². The van der Waals surface area contributed by atoms with Crippen LogP contribution < -0.4 is 5.32 Å². The summed E-state index contributed by atoms with van der Waals surface area (Å²) in [4.78, 5) is 26.1. The molecule has 0 spiro atoms. The van der Waals surface area contributed by atoms with E-state index in [-0.39, 0.29) is 5.69 Å². The molecule has 0 unspecified atom stereocenters. The van der Waals surface area contributed by atoms with Gasteiger partial charge >= 0.3 is 5.97 Å². The number of carbonyl (C=O) groups excluding carboxylic acids is 2. The lowest BCUT2D eigenvalue weighted by molar-refractivity contribution is -0.123. The maximum Gasteiger partial charge on any atom is 0.349 e. The molecule has 7 heteroatoms. The van der Waals surface area contributed by atoms with Gasteiger partial charge in [0.15, 0.2) is 6.10 Å². The molecule has 0 fully saturated rings. The Labute approximate surface area is 154 Å². The number of hydrogen-bond acceptors (Lipinski definition) is 4. The summed E-state index contributed by atoms with van der Waals surface area (Å²) < 4.78 is 32.0. The Bertz CT molecular complexity index is 811. The van der Waals surface area contributed by atoms with Gasteiger partial charge in [0.05, 0.1) is 5.69 Å². The van der Waals surface area contributed by atoms with Crippen molar-refractivity contribution in [3.63, 3.8) is 0 Å². The zero-order valence-electron chi connectivity index (χ0n) is 14.3. The van der Waals surface area contributed by atoms with E-state index in [1.54, 1.807) is 0 Å². The molecule has 1 aliphatic rings. The molecule has 1 atom stereocenters. The highest BCUT2D eigenvalue weighted by atomic mass is 32.1. The van der Waals surface area contributed by atoms with E-state index in [0.717, 1.165) is 43.9 Å². The average molecular weight is 379 g/mol. The van der Waals surface area contributed by atoms with Gasteiger partial charge in [-0.2, -0.15) is 0 Å². The summed E-state index contributed by atoms with van der Waals surface area (Å²) in [6.07, 6.45) is 4.19. The lowest BCUT2D eigenvalue weighted by Gasteiger charge is -2.13. The van der Waals surface area contributed by atoms with Crippen LogP contribution in [0.3, 0.4) is 0 Å². The van der Waals surface area contributed by atoms with Gasteiger partial charge in [-0.1, -0.05) is 6.42 Å². The van der Waals surface area contributed by atoms with Crippen LogP contribution in [-0.4, -0.2) is 18.0 Å². The van der Waals surface area contributed by atoms with Crippen LogP contribution in [0.2, 0.25) is 0 Å².